The lowest BCUT2D eigenvalue weighted by Crippen LogP contribution is -2.63. The fourth-order valence-electron chi connectivity index (χ4n) is 3.59. The number of aromatic nitrogens is 4. The van der Waals surface area contributed by atoms with Gasteiger partial charge in [-0.3, -0.25) is 4.72 Å². The molecule has 0 saturated carbocycles. The van der Waals surface area contributed by atoms with Crippen LogP contribution in [-0.2, 0) is 14.9 Å². The Bertz CT molecular complexity index is 1390. The van der Waals surface area contributed by atoms with Crippen molar-refractivity contribution in [3.05, 3.63) is 51.9 Å². The van der Waals surface area contributed by atoms with Crippen molar-refractivity contribution >= 4 is 47.9 Å². The predicted molar refractivity (Wildman–Crippen MR) is 145 cm³/mol. The van der Waals surface area contributed by atoms with Gasteiger partial charge >= 0.3 is 16.2 Å². The summed E-state index contributed by atoms with van der Waals surface area (Å²) in [4.78, 5) is 16.2. The molecule has 18 heteroatoms. The minimum Gasteiger partial charge on any atom is -0.473 e. The van der Waals surface area contributed by atoms with Gasteiger partial charge in [-0.2, -0.15) is 13.1 Å². The molecule has 40 heavy (non-hydrogen) atoms. The second kappa shape index (κ2) is 13.4. The van der Waals surface area contributed by atoms with Gasteiger partial charge in [0.1, 0.15) is 44.0 Å². The molecule has 15 nitrogen and oxygen atoms in total. The molecule has 6 N–H and O–H groups in total. The third-order valence-electron chi connectivity index (χ3n) is 5.49. The molecule has 3 heterocycles. The van der Waals surface area contributed by atoms with Gasteiger partial charge in [-0.05, 0) is 33.6 Å². The monoisotopic (exact) mass is 706 g/mol. The van der Waals surface area contributed by atoms with E-state index in [1.165, 1.54) is 12.4 Å². The van der Waals surface area contributed by atoms with Crippen molar-refractivity contribution in [3.8, 4) is 23.0 Å². The summed E-state index contributed by atoms with van der Waals surface area (Å²) < 4.78 is 48.3. The molecular formula is C22H24Br2N6O9S. The highest BCUT2D eigenvalue weighted by molar-refractivity contribution is 9.10. The first-order valence-corrected chi connectivity index (χ1v) is 14.6. The van der Waals surface area contributed by atoms with E-state index in [1.807, 2.05) is 0 Å². The molecule has 0 bridgehead atoms. The smallest absolute Gasteiger partial charge is 0.316 e. The Labute approximate surface area is 245 Å². The van der Waals surface area contributed by atoms with Crippen LogP contribution in [0.2, 0.25) is 0 Å². The van der Waals surface area contributed by atoms with Crippen molar-refractivity contribution < 1.29 is 43.1 Å². The molecule has 1 aliphatic heterocycles. The molecule has 1 aliphatic rings. The molecule has 5 unspecified atom stereocenters. The van der Waals surface area contributed by atoms with Crippen LogP contribution in [0, 0.1) is 0 Å². The Kier molecular flexibility index (Phi) is 10.2. The van der Waals surface area contributed by atoms with Crippen LogP contribution < -0.4 is 18.9 Å². The Morgan fingerprint density at radius 2 is 1.57 bits per heavy atom. The number of benzene rings is 1. The molecule has 3 aromatic rings. The van der Waals surface area contributed by atoms with Gasteiger partial charge < -0.3 is 34.6 Å². The lowest BCUT2D eigenvalue weighted by molar-refractivity contribution is -0.231. The van der Waals surface area contributed by atoms with E-state index < -0.39 is 47.5 Å². The van der Waals surface area contributed by atoms with Gasteiger partial charge in [0, 0.05) is 16.9 Å². The van der Waals surface area contributed by atoms with Crippen LogP contribution in [0.4, 0.5) is 5.82 Å². The first-order chi connectivity index (χ1) is 19.1. The van der Waals surface area contributed by atoms with Gasteiger partial charge in [0.25, 0.3) is 0 Å². The maximum absolute atomic E-state index is 13.0. The molecule has 1 saturated heterocycles. The Hall–Kier alpha value is -2.55. The number of halogens is 2. The van der Waals surface area contributed by atoms with Gasteiger partial charge in [0.15, 0.2) is 12.0 Å². The Morgan fingerprint density at radius 3 is 2.25 bits per heavy atom. The van der Waals surface area contributed by atoms with Gasteiger partial charge in [-0.15, -0.1) is 0 Å². The zero-order valence-corrected chi connectivity index (χ0v) is 24.3. The fourth-order valence-corrected chi connectivity index (χ4v) is 5.03. The largest absolute Gasteiger partial charge is 0.473 e. The zero-order chi connectivity index (χ0) is 28.9. The van der Waals surface area contributed by atoms with E-state index in [-0.39, 0.29) is 36.5 Å². The van der Waals surface area contributed by atoms with Gasteiger partial charge in [0.05, 0.1) is 16.6 Å². The molecule has 0 amide bonds. The molecule has 1 aromatic carbocycles. The van der Waals surface area contributed by atoms with Crippen molar-refractivity contribution in [2.75, 3.05) is 24.5 Å². The third kappa shape index (κ3) is 7.59. The van der Waals surface area contributed by atoms with Gasteiger partial charge in [-0.1, -0.05) is 28.1 Å². The lowest BCUT2D eigenvalue weighted by Gasteiger charge is -2.39. The fraction of sp³-hybridized carbons (Fsp3) is 0.364. The highest BCUT2D eigenvalue weighted by Crippen LogP contribution is 2.35. The minimum absolute atomic E-state index is 0.00469. The molecule has 0 radical (unpaired) electrons. The van der Waals surface area contributed by atoms with Crippen LogP contribution in [0.25, 0.3) is 11.1 Å². The molecule has 5 atom stereocenters. The maximum Gasteiger partial charge on any atom is 0.316 e. The first-order valence-electron chi connectivity index (χ1n) is 11.5. The van der Waals surface area contributed by atoms with Crippen molar-refractivity contribution in [1.82, 2.24) is 24.7 Å². The second-order valence-corrected chi connectivity index (χ2v) is 11.5. The topological polar surface area (TPSA) is 218 Å². The number of rotatable bonds is 11. The number of anilines is 1. The summed E-state index contributed by atoms with van der Waals surface area (Å²) in [7, 11) is -4.52. The van der Waals surface area contributed by atoms with Crippen LogP contribution in [-0.4, -0.2) is 99.2 Å². The predicted octanol–water partition coefficient (Wildman–Crippen LogP) is -0.0374. The van der Waals surface area contributed by atoms with Crippen molar-refractivity contribution in [3.63, 3.8) is 0 Å². The minimum atomic E-state index is -4.52. The van der Waals surface area contributed by atoms with E-state index in [1.54, 1.807) is 24.3 Å². The van der Waals surface area contributed by atoms with E-state index in [4.69, 9.17) is 14.2 Å². The van der Waals surface area contributed by atoms with E-state index in [0.717, 1.165) is 10.8 Å². The maximum atomic E-state index is 13.0. The van der Waals surface area contributed by atoms with E-state index >= 15 is 0 Å². The van der Waals surface area contributed by atoms with E-state index in [0.29, 0.717) is 10.0 Å². The average molecular weight is 708 g/mol. The Morgan fingerprint density at radius 1 is 0.900 bits per heavy atom. The number of nitrogens with zero attached hydrogens (tertiary/aromatic N) is 4. The number of nitrogens with one attached hydrogen (secondary N) is 2. The van der Waals surface area contributed by atoms with Crippen LogP contribution >= 0.6 is 31.9 Å². The molecule has 2 aromatic heterocycles. The normalized spacial score (nSPS) is 23.0. The summed E-state index contributed by atoms with van der Waals surface area (Å²) >= 11 is 6.59. The van der Waals surface area contributed by atoms with E-state index in [2.05, 4.69) is 61.2 Å². The zero-order valence-electron chi connectivity index (χ0n) is 20.3. The molecule has 4 rings (SSSR count). The lowest BCUT2D eigenvalue weighted by atomic mass is 9.99. The van der Waals surface area contributed by atoms with Crippen LogP contribution in [0.15, 0.2) is 51.9 Å². The molecule has 0 spiro atoms. The van der Waals surface area contributed by atoms with E-state index in [9.17, 15) is 28.8 Å². The van der Waals surface area contributed by atoms with Gasteiger partial charge in [0.2, 0.25) is 5.88 Å². The average Bonchev–Trinajstić information content (AvgIpc) is 2.93. The number of hydrogen-bond acceptors (Lipinski definition) is 13. The Balaban J connectivity index is 1.54. The van der Waals surface area contributed by atoms with Crippen LogP contribution in [0.1, 0.15) is 0 Å². The van der Waals surface area contributed by atoms with Crippen LogP contribution in [0.5, 0.6) is 11.9 Å². The van der Waals surface area contributed by atoms with Crippen molar-refractivity contribution in [1.29, 1.82) is 0 Å². The third-order valence-corrected chi connectivity index (χ3v) is 7.43. The number of ether oxygens (including phenoxy) is 3. The highest BCUT2D eigenvalue weighted by atomic mass is 79.9. The second-order valence-electron chi connectivity index (χ2n) is 8.26. The highest BCUT2D eigenvalue weighted by Gasteiger charge is 2.44. The summed E-state index contributed by atoms with van der Waals surface area (Å²) in [5, 5.41) is 39.5. The summed E-state index contributed by atoms with van der Waals surface area (Å²) in [5.74, 6) is -0.148. The molecule has 216 valence electrons. The SMILES string of the molecule is O=S(=O)(Nc1ncnc(OCCOc2ncc(Br)cn2)c1-c1ccc(Br)cc1)NC1OC(CO)C(O)C(O)C1O. The van der Waals surface area contributed by atoms with Crippen LogP contribution in [0.3, 0.4) is 0 Å². The molecule has 1 fully saturated rings. The van der Waals surface area contributed by atoms with Crippen molar-refractivity contribution in [2.45, 2.75) is 30.6 Å². The summed E-state index contributed by atoms with van der Waals surface area (Å²) in [6.45, 7) is -0.686. The first kappa shape index (κ1) is 30.4. The number of hydrogen-bond donors (Lipinski definition) is 6. The van der Waals surface area contributed by atoms with Gasteiger partial charge in [-0.25, -0.2) is 19.9 Å². The molecular weight excluding hydrogens is 684 g/mol. The quantitative estimate of drug-likeness (QED) is 0.144. The summed E-state index contributed by atoms with van der Waals surface area (Å²) in [6, 6.07) is 6.96. The number of aliphatic hydroxyl groups is 4. The van der Waals surface area contributed by atoms with Crippen molar-refractivity contribution in [2.24, 2.45) is 0 Å². The standard InChI is InChI=1S/C22H24Br2N6O9S/c23-12-3-1-11(2-4-12)15-19(27-10-28-20(15)37-5-6-38-22-25-7-13(24)8-26-22)29-40(35,36)30-21-18(34)17(33)16(32)14(9-31)39-21/h1-4,7-8,10,14,16-18,21,30-34H,5-6,9H2,(H,27,28,29). The molecule has 0 aliphatic carbocycles. The summed E-state index contributed by atoms with van der Waals surface area (Å²) in [5.41, 5.74) is 0.690. The summed E-state index contributed by atoms with van der Waals surface area (Å²) in [6.07, 6.45) is -4.14. The number of aliphatic hydroxyl groups excluding tert-OH is 4.